The van der Waals surface area contributed by atoms with E-state index in [4.69, 9.17) is 0 Å². The van der Waals surface area contributed by atoms with Gasteiger partial charge in [-0.05, 0) is 19.3 Å². The highest BCUT2D eigenvalue weighted by Crippen LogP contribution is 2.25. The first-order valence-electron chi connectivity index (χ1n) is 6.53. The van der Waals surface area contributed by atoms with E-state index in [1.807, 2.05) is 0 Å². The second kappa shape index (κ2) is 6.00. The average Bonchev–Trinajstić information content (AvgIpc) is 2.11. The molecule has 0 unspecified atom stereocenters. The Labute approximate surface area is 102 Å². The second-order valence-electron chi connectivity index (χ2n) is 4.92. The molecule has 17 heavy (non-hydrogen) atoms. The van der Waals surface area contributed by atoms with Gasteiger partial charge in [-0.1, -0.05) is 6.42 Å². The zero-order valence-electron chi connectivity index (χ0n) is 10.1. The lowest BCUT2D eigenvalue weighted by Crippen LogP contribution is -2.51. The monoisotopic (exact) mass is 239 g/mol. The minimum absolute atomic E-state index is 0.133. The van der Waals surface area contributed by atoms with Crippen molar-refractivity contribution in [3.8, 4) is 0 Å². The van der Waals surface area contributed by atoms with Crippen molar-refractivity contribution in [1.29, 1.82) is 0 Å². The van der Waals surface area contributed by atoms with Crippen LogP contribution in [0.25, 0.3) is 0 Å². The molecule has 1 saturated carbocycles. The first-order chi connectivity index (χ1) is 8.27. The summed E-state index contributed by atoms with van der Waals surface area (Å²) in [4.78, 5) is 22.9. The van der Waals surface area contributed by atoms with E-state index in [1.54, 1.807) is 0 Å². The van der Waals surface area contributed by atoms with Crippen LogP contribution >= 0.6 is 0 Å². The van der Waals surface area contributed by atoms with Crippen LogP contribution in [0.3, 0.4) is 0 Å². The van der Waals surface area contributed by atoms with Crippen LogP contribution in [0, 0.1) is 11.8 Å². The third-order valence-electron chi connectivity index (χ3n) is 3.58. The highest BCUT2D eigenvalue weighted by molar-refractivity contribution is 5.80. The van der Waals surface area contributed by atoms with E-state index in [-0.39, 0.29) is 23.7 Å². The molecule has 0 atom stereocenters. The molecule has 1 aliphatic heterocycles. The van der Waals surface area contributed by atoms with Crippen molar-refractivity contribution >= 4 is 11.8 Å². The minimum atomic E-state index is 0.133. The van der Waals surface area contributed by atoms with Gasteiger partial charge in [-0.2, -0.15) is 0 Å². The average molecular weight is 239 g/mol. The van der Waals surface area contributed by atoms with Crippen LogP contribution in [0.5, 0.6) is 0 Å². The van der Waals surface area contributed by atoms with Gasteiger partial charge in [0.15, 0.2) is 0 Å². The molecule has 0 aromatic carbocycles. The number of hydrogen-bond acceptors (Lipinski definition) is 3. The maximum Gasteiger partial charge on any atom is 0.225 e. The van der Waals surface area contributed by atoms with E-state index in [1.165, 1.54) is 6.42 Å². The molecule has 5 heteroatoms. The van der Waals surface area contributed by atoms with E-state index in [0.29, 0.717) is 13.1 Å². The van der Waals surface area contributed by atoms with Crippen molar-refractivity contribution in [2.45, 2.75) is 25.7 Å². The molecule has 2 aliphatic rings. The molecular weight excluding hydrogens is 218 g/mol. The second-order valence-corrected chi connectivity index (χ2v) is 4.92. The molecule has 96 valence electrons. The topological polar surface area (TPSA) is 70.2 Å². The van der Waals surface area contributed by atoms with Crippen molar-refractivity contribution in [2.75, 3.05) is 26.2 Å². The lowest BCUT2D eigenvalue weighted by Gasteiger charge is -2.26. The number of nitrogens with one attached hydrogen (secondary N) is 3. The van der Waals surface area contributed by atoms with Crippen molar-refractivity contribution < 1.29 is 9.59 Å². The maximum atomic E-state index is 11.5. The first-order valence-corrected chi connectivity index (χ1v) is 6.53. The highest BCUT2D eigenvalue weighted by Gasteiger charge is 2.25. The Kier molecular flexibility index (Phi) is 4.36. The lowest BCUT2D eigenvalue weighted by atomic mass is 9.85. The first kappa shape index (κ1) is 12.4. The van der Waals surface area contributed by atoms with E-state index < -0.39 is 0 Å². The molecule has 0 spiro atoms. The molecule has 3 N–H and O–H groups in total. The van der Waals surface area contributed by atoms with Gasteiger partial charge >= 0.3 is 0 Å². The predicted octanol–water partition coefficient (Wildman–Crippen LogP) is -0.372. The van der Waals surface area contributed by atoms with Gasteiger partial charge in [0.1, 0.15) is 0 Å². The summed E-state index contributed by atoms with van der Waals surface area (Å²) in [6.07, 6.45) is 4.07. The normalized spacial score (nSPS) is 20.2. The Bertz CT molecular complexity index is 257. The molecule has 0 aromatic rings. The van der Waals surface area contributed by atoms with Gasteiger partial charge in [-0.3, -0.25) is 9.59 Å². The summed E-state index contributed by atoms with van der Waals surface area (Å²) in [5, 5.41) is 8.86. The molecule has 5 nitrogen and oxygen atoms in total. The van der Waals surface area contributed by atoms with Crippen LogP contribution in [-0.2, 0) is 9.59 Å². The summed E-state index contributed by atoms with van der Waals surface area (Å²) in [5.41, 5.74) is 0. The van der Waals surface area contributed by atoms with Gasteiger partial charge in [0, 0.05) is 32.1 Å². The van der Waals surface area contributed by atoms with Crippen LogP contribution in [0.4, 0.5) is 0 Å². The van der Waals surface area contributed by atoms with Gasteiger partial charge < -0.3 is 16.0 Å². The summed E-state index contributed by atoms with van der Waals surface area (Å²) in [6, 6.07) is 0. The summed E-state index contributed by atoms with van der Waals surface area (Å²) in [7, 11) is 0. The Morgan fingerprint density at radius 1 is 1.00 bits per heavy atom. The lowest BCUT2D eigenvalue weighted by molar-refractivity contribution is -0.127. The largest absolute Gasteiger partial charge is 0.356 e. The number of amides is 2. The molecule has 1 heterocycles. The van der Waals surface area contributed by atoms with Gasteiger partial charge in [-0.25, -0.2) is 0 Å². The molecule has 2 rings (SSSR count). The summed E-state index contributed by atoms with van der Waals surface area (Å²) < 4.78 is 0. The van der Waals surface area contributed by atoms with Crippen LogP contribution in [0.15, 0.2) is 0 Å². The standard InChI is InChI=1S/C12H21N3O2/c16-11(9-3-1-4-9)14-5-2-6-15-12(17)10-7-13-8-10/h9-10,13H,1-8H2,(H,14,16)(H,15,17). The molecule has 1 saturated heterocycles. The zero-order valence-corrected chi connectivity index (χ0v) is 10.1. The Hall–Kier alpha value is -1.10. The summed E-state index contributed by atoms with van der Waals surface area (Å²) in [6.45, 7) is 2.91. The van der Waals surface area contributed by atoms with Crippen molar-refractivity contribution in [3.05, 3.63) is 0 Å². The predicted molar refractivity (Wildman–Crippen MR) is 64.3 cm³/mol. The fourth-order valence-electron chi connectivity index (χ4n) is 1.94. The van der Waals surface area contributed by atoms with Gasteiger partial charge in [0.2, 0.25) is 11.8 Å². The van der Waals surface area contributed by atoms with E-state index in [2.05, 4.69) is 16.0 Å². The molecule has 0 bridgehead atoms. The molecule has 0 aromatic heterocycles. The molecule has 2 fully saturated rings. The van der Waals surface area contributed by atoms with Gasteiger partial charge in [-0.15, -0.1) is 0 Å². The fourth-order valence-corrected chi connectivity index (χ4v) is 1.94. The summed E-state index contributed by atoms with van der Waals surface area (Å²) in [5.74, 6) is 0.727. The molecule has 0 radical (unpaired) electrons. The van der Waals surface area contributed by atoms with Gasteiger partial charge in [0.25, 0.3) is 0 Å². The van der Waals surface area contributed by atoms with Crippen LogP contribution in [0.2, 0.25) is 0 Å². The minimum Gasteiger partial charge on any atom is -0.356 e. The van der Waals surface area contributed by atoms with Crippen LogP contribution < -0.4 is 16.0 Å². The number of carbonyl (C=O) groups excluding carboxylic acids is 2. The Morgan fingerprint density at radius 3 is 2.00 bits per heavy atom. The smallest absolute Gasteiger partial charge is 0.225 e. The molecule has 1 aliphatic carbocycles. The Morgan fingerprint density at radius 2 is 1.59 bits per heavy atom. The highest BCUT2D eigenvalue weighted by atomic mass is 16.2. The van der Waals surface area contributed by atoms with Gasteiger partial charge in [0.05, 0.1) is 5.92 Å². The van der Waals surface area contributed by atoms with Crippen molar-refractivity contribution in [2.24, 2.45) is 11.8 Å². The summed E-state index contributed by atoms with van der Waals surface area (Å²) >= 11 is 0. The number of hydrogen-bond donors (Lipinski definition) is 3. The van der Waals surface area contributed by atoms with Crippen LogP contribution in [-0.4, -0.2) is 38.0 Å². The van der Waals surface area contributed by atoms with Crippen molar-refractivity contribution in [3.63, 3.8) is 0 Å². The van der Waals surface area contributed by atoms with Crippen LogP contribution in [0.1, 0.15) is 25.7 Å². The fraction of sp³-hybridized carbons (Fsp3) is 0.833. The van der Waals surface area contributed by atoms with E-state index in [0.717, 1.165) is 32.4 Å². The van der Waals surface area contributed by atoms with E-state index >= 15 is 0 Å². The van der Waals surface area contributed by atoms with E-state index in [9.17, 15) is 9.59 Å². The molecular formula is C12H21N3O2. The third-order valence-corrected chi connectivity index (χ3v) is 3.58. The maximum absolute atomic E-state index is 11.5. The number of carbonyl (C=O) groups is 2. The van der Waals surface area contributed by atoms with Crippen molar-refractivity contribution in [1.82, 2.24) is 16.0 Å². The zero-order chi connectivity index (χ0) is 12.1. The third kappa shape index (κ3) is 3.43. The SMILES string of the molecule is O=C(NCCCNC(=O)C1CNC1)C1CCC1. The molecule has 2 amide bonds. The number of rotatable bonds is 6. The Balaban J connectivity index is 1.45. The quantitative estimate of drug-likeness (QED) is 0.554.